The zero-order valence-electron chi connectivity index (χ0n) is 11.6. The van der Waals surface area contributed by atoms with E-state index in [-0.39, 0.29) is 23.6 Å². The Morgan fingerprint density at radius 2 is 2.00 bits per heavy atom. The minimum atomic E-state index is -0.784. The molecule has 1 aromatic rings. The molecule has 1 amide bonds. The van der Waals surface area contributed by atoms with E-state index in [9.17, 15) is 14.0 Å². The molecule has 4 nitrogen and oxygen atoms in total. The smallest absolute Gasteiger partial charge is 0.306 e. The number of carboxylic acid groups (broad SMARTS) is 1. The standard InChI is InChI=1S/C16H18FNO3/c17-13-7-4-11(5-8-13)6-9-15(19)18-10-12-2-1-3-14(12)16(20)21/h4-9,12,14H,1-3,10H2,(H,18,19)(H,20,21). The fourth-order valence-corrected chi connectivity index (χ4v) is 2.64. The molecule has 0 aliphatic heterocycles. The van der Waals surface area contributed by atoms with Crippen LogP contribution in [0.1, 0.15) is 24.8 Å². The summed E-state index contributed by atoms with van der Waals surface area (Å²) in [6, 6.07) is 5.81. The molecule has 0 saturated heterocycles. The number of rotatable bonds is 5. The first-order chi connectivity index (χ1) is 10.1. The zero-order chi connectivity index (χ0) is 15.2. The Bertz CT molecular complexity index is 539. The molecule has 0 spiro atoms. The molecule has 112 valence electrons. The zero-order valence-corrected chi connectivity index (χ0v) is 11.6. The lowest BCUT2D eigenvalue weighted by Gasteiger charge is -2.15. The van der Waals surface area contributed by atoms with Crippen LogP contribution in [0.4, 0.5) is 4.39 Å². The lowest BCUT2D eigenvalue weighted by Crippen LogP contribution is -2.32. The third kappa shape index (κ3) is 4.41. The molecule has 0 radical (unpaired) electrons. The fourth-order valence-electron chi connectivity index (χ4n) is 2.64. The molecule has 1 fully saturated rings. The maximum absolute atomic E-state index is 12.7. The van der Waals surface area contributed by atoms with Crippen molar-refractivity contribution in [2.24, 2.45) is 11.8 Å². The number of carbonyl (C=O) groups is 2. The van der Waals surface area contributed by atoms with Gasteiger partial charge in [0.25, 0.3) is 0 Å². The number of hydrogen-bond acceptors (Lipinski definition) is 2. The second-order valence-corrected chi connectivity index (χ2v) is 5.27. The number of amides is 1. The van der Waals surface area contributed by atoms with Crippen LogP contribution in [0.3, 0.4) is 0 Å². The molecule has 2 N–H and O–H groups in total. The molecule has 1 aliphatic carbocycles. The Hall–Kier alpha value is -2.17. The van der Waals surface area contributed by atoms with Crippen LogP contribution in [-0.4, -0.2) is 23.5 Å². The van der Waals surface area contributed by atoms with Crippen LogP contribution < -0.4 is 5.32 Å². The van der Waals surface area contributed by atoms with Gasteiger partial charge >= 0.3 is 5.97 Å². The van der Waals surface area contributed by atoms with Crippen molar-refractivity contribution in [1.82, 2.24) is 5.32 Å². The highest BCUT2D eigenvalue weighted by atomic mass is 19.1. The number of benzene rings is 1. The summed E-state index contributed by atoms with van der Waals surface area (Å²) in [6.45, 7) is 0.379. The lowest BCUT2D eigenvalue weighted by atomic mass is 9.96. The fraction of sp³-hybridized carbons (Fsp3) is 0.375. The van der Waals surface area contributed by atoms with Crippen LogP contribution in [0.15, 0.2) is 30.3 Å². The molecule has 1 saturated carbocycles. The summed E-state index contributed by atoms with van der Waals surface area (Å²) in [5.41, 5.74) is 0.732. The summed E-state index contributed by atoms with van der Waals surface area (Å²) >= 11 is 0. The summed E-state index contributed by atoms with van der Waals surface area (Å²) in [7, 11) is 0. The van der Waals surface area contributed by atoms with Crippen LogP contribution in [0.25, 0.3) is 6.08 Å². The molecule has 5 heteroatoms. The van der Waals surface area contributed by atoms with E-state index in [1.165, 1.54) is 18.2 Å². The predicted molar refractivity (Wildman–Crippen MR) is 76.9 cm³/mol. The van der Waals surface area contributed by atoms with Crippen molar-refractivity contribution in [1.29, 1.82) is 0 Å². The first-order valence-corrected chi connectivity index (χ1v) is 7.00. The number of nitrogens with one attached hydrogen (secondary N) is 1. The second-order valence-electron chi connectivity index (χ2n) is 5.27. The van der Waals surface area contributed by atoms with Gasteiger partial charge in [-0.2, -0.15) is 0 Å². The van der Waals surface area contributed by atoms with Gasteiger partial charge in [-0.15, -0.1) is 0 Å². The molecular weight excluding hydrogens is 273 g/mol. The van der Waals surface area contributed by atoms with Gasteiger partial charge in [0, 0.05) is 12.6 Å². The van der Waals surface area contributed by atoms with Crippen LogP contribution in [0.2, 0.25) is 0 Å². The van der Waals surface area contributed by atoms with Crippen molar-refractivity contribution in [3.8, 4) is 0 Å². The Morgan fingerprint density at radius 1 is 1.29 bits per heavy atom. The van der Waals surface area contributed by atoms with E-state index in [4.69, 9.17) is 5.11 Å². The predicted octanol–water partition coefficient (Wildman–Crippen LogP) is 2.46. The molecule has 0 heterocycles. The largest absolute Gasteiger partial charge is 0.481 e. The molecule has 0 bridgehead atoms. The highest BCUT2D eigenvalue weighted by molar-refractivity contribution is 5.91. The summed E-state index contributed by atoms with van der Waals surface area (Å²) in [6.07, 6.45) is 5.37. The molecule has 1 aromatic carbocycles. The highest BCUT2D eigenvalue weighted by Gasteiger charge is 2.32. The van der Waals surface area contributed by atoms with Gasteiger partial charge < -0.3 is 10.4 Å². The first-order valence-electron chi connectivity index (χ1n) is 7.00. The number of aliphatic carboxylic acids is 1. The third-order valence-electron chi connectivity index (χ3n) is 3.81. The van der Waals surface area contributed by atoms with Crippen LogP contribution in [0, 0.1) is 17.7 Å². The molecule has 2 unspecified atom stereocenters. The average molecular weight is 291 g/mol. The number of carboxylic acids is 1. The topological polar surface area (TPSA) is 66.4 Å². The van der Waals surface area contributed by atoms with Gasteiger partial charge in [0.2, 0.25) is 5.91 Å². The quantitative estimate of drug-likeness (QED) is 0.819. The summed E-state index contributed by atoms with van der Waals surface area (Å²) in [5, 5.41) is 11.8. The summed E-state index contributed by atoms with van der Waals surface area (Å²) in [4.78, 5) is 22.7. The van der Waals surface area contributed by atoms with Gasteiger partial charge in [-0.1, -0.05) is 18.6 Å². The van der Waals surface area contributed by atoms with Crippen molar-refractivity contribution in [3.05, 3.63) is 41.7 Å². The van der Waals surface area contributed by atoms with E-state index < -0.39 is 5.97 Å². The van der Waals surface area contributed by atoms with E-state index in [1.807, 2.05) is 0 Å². The van der Waals surface area contributed by atoms with Crippen molar-refractivity contribution in [2.75, 3.05) is 6.54 Å². The Kier molecular flexibility index (Phi) is 5.09. The number of hydrogen-bond donors (Lipinski definition) is 2. The van der Waals surface area contributed by atoms with Crippen molar-refractivity contribution >= 4 is 18.0 Å². The van der Waals surface area contributed by atoms with E-state index in [0.29, 0.717) is 13.0 Å². The number of carbonyl (C=O) groups excluding carboxylic acids is 1. The van der Waals surface area contributed by atoms with Crippen LogP contribution >= 0.6 is 0 Å². The summed E-state index contributed by atoms with van der Waals surface area (Å²) in [5.74, 6) is -1.72. The minimum Gasteiger partial charge on any atom is -0.481 e. The number of halogens is 1. The van der Waals surface area contributed by atoms with Gasteiger partial charge in [-0.05, 0) is 42.5 Å². The van der Waals surface area contributed by atoms with Crippen LogP contribution in [0.5, 0.6) is 0 Å². The Labute approximate surface area is 122 Å². The Balaban J connectivity index is 1.82. The maximum Gasteiger partial charge on any atom is 0.306 e. The van der Waals surface area contributed by atoms with Crippen molar-refractivity contribution in [2.45, 2.75) is 19.3 Å². The monoisotopic (exact) mass is 291 g/mol. The van der Waals surface area contributed by atoms with Crippen LogP contribution in [-0.2, 0) is 9.59 Å². The van der Waals surface area contributed by atoms with E-state index in [1.54, 1.807) is 18.2 Å². The van der Waals surface area contributed by atoms with E-state index >= 15 is 0 Å². The van der Waals surface area contributed by atoms with E-state index in [0.717, 1.165) is 18.4 Å². The molecule has 21 heavy (non-hydrogen) atoms. The van der Waals surface area contributed by atoms with Gasteiger partial charge in [0.05, 0.1) is 5.92 Å². The van der Waals surface area contributed by atoms with Gasteiger partial charge in [-0.25, -0.2) is 4.39 Å². The normalized spacial score (nSPS) is 21.6. The molecule has 2 rings (SSSR count). The lowest BCUT2D eigenvalue weighted by molar-refractivity contribution is -0.143. The average Bonchev–Trinajstić information content (AvgIpc) is 2.93. The minimum absolute atomic E-state index is 0.00525. The maximum atomic E-state index is 12.7. The Morgan fingerprint density at radius 3 is 2.67 bits per heavy atom. The van der Waals surface area contributed by atoms with E-state index in [2.05, 4.69) is 5.32 Å². The van der Waals surface area contributed by atoms with Crippen molar-refractivity contribution < 1.29 is 19.1 Å². The molecule has 1 aliphatic rings. The SMILES string of the molecule is O=C(C=Cc1ccc(F)cc1)NCC1CCCC1C(=O)O. The van der Waals surface area contributed by atoms with Gasteiger partial charge in [-0.3, -0.25) is 9.59 Å². The molecule has 2 atom stereocenters. The van der Waals surface area contributed by atoms with Gasteiger partial charge in [0.1, 0.15) is 5.82 Å². The molecule has 0 aromatic heterocycles. The van der Waals surface area contributed by atoms with Crippen molar-refractivity contribution in [3.63, 3.8) is 0 Å². The highest BCUT2D eigenvalue weighted by Crippen LogP contribution is 2.31. The van der Waals surface area contributed by atoms with Gasteiger partial charge in [0.15, 0.2) is 0 Å². The molecular formula is C16H18FNO3. The first kappa shape index (κ1) is 15.2. The summed E-state index contributed by atoms with van der Waals surface area (Å²) < 4.78 is 12.7. The third-order valence-corrected chi connectivity index (χ3v) is 3.81. The second kappa shape index (κ2) is 7.02.